The van der Waals surface area contributed by atoms with Crippen LogP contribution < -0.4 is 10.1 Å². The Bertz CT molecular complexity index is 1240. The summed E-state index contributed by atoms with van der Waals surface area (Å²) in [7, 11) is 3.47. The van der Waals surface area contributed by atoms with E-state index in [4.69, 9.17) is 9.72 Å². The maximum atomic E-state index is 13.3. The van der Waals surface area contributed by atoms with Crippen LogP contribution in [-0.4, -0.2) is 37.6 Å². The molecular weight excluding hydrogens is 392 g/mol. The molecule has 4 rings (SSSR count). The highest BCUT2D eigenvalue weighted by molar-refractivity contribution is 6.07. The lowest BCUT2D eigenvalue weighted by atomic mass is 10.0. The lowest BCUT2D eigenvalue weighted by Crippen LogP contribution is -2.27. The number of pyridine rings is 1. The average molecular weight is 419 g/mol. The van der Waals surface area contributed by atoms with Gasteiger partial charge in [0, 0.05) is 25.4 Å². The van der Waals surface area contributed by atoms with E-state index in [1.165, 1.54) is 0 Å². The number of aryl methyl sites for hydroxylation is 3. The van der Waals surface area contributed by atoms with Gasteiger partial charge < -0.3 is 10.1 Å². The molecule has 0 saturated carbocycles. The molecule has 0 saturated heterocycles. The van der Waals surface area contributed by atoms with E-state index in [0.717, 1.165) is 34.6 Å². The Morgan fingerprint density at radius 1 is 1.19 bits per heavy atom. The van der Waals surface area contributed by atoms with Crippen molar-refractivity contribution in [1.82, 2.24) is 29.9 Å². The van der Waals surface area contributed by atoms with Crippen LogP contribution in [0.15, 0.2) is 42.6 Å². The van der Waals surface area contributed by atoms with Gasteiger partial charge in [0.05, 0.1) is 41.2 Å². The maximum absolute atomic E-state index is 13.3. The third kappa shape index (κ3) is 3.88. The molecular formula is C23H26N6O2. The van der Waals surface area contributed by atoms with E-state index in [2.05, 4.69) is 15.5 Å². The van der Waals surface area contributed by atoms with E-state index in [9.17, 15) is 4.79 Å². The summed E-state index contributed by atoms with van der Waals surface area (Å²) < 4.78 is 8.80. The molecule has 3 aromatic heterocycles. The van der Waals surface area contributed by atoms with Gasteiger partial charge in [-0.05, 0) is 57.2 Å². The SMILES string of the molecule is CCn1ccc(C(C)NC(=O)c2cc(-c3ccc(OC)cc3)nc3c2c(C)nn3C)n1. The largest absolute Gasteiger partial charge is 0.497 e. The maximum Gasteiger partial charge on any atom is 0.252 e. The molecule has 0 aliphatic rings. The van der Waals surface area contributed by atoms with Crippen molar-refractivity contribution >= 4 is 16.9 Å². The Kier molecular flexibility index (Phi) is 5.46. The zero-order chi connectivity index (χ0) is 22.1. The number of fused-ring (bicyclic) bond motifs is 1. The van der Waals surface area contributed by atoms with Crippen molar-refractivity contribution in [3.05, 3.63) is 59.5 Å². The predicted molar refractivity (Wildman–Crippen MR) is 119 cm³/mol. The standard InChI is InChI=1S/C23H26N6O2/c1-6-29-12-11-19(27-29)14(2)24-23(30)18-13-20(16-7-9-17(31-5)10-8-16)25-22-21(18)15(3)26-28(22)4/h7-14H,6H2,1-5H3,(H,24,30). The van der Waals surface area contributed by atoms with Crippen molar-refractivity contribution < 1.29 is 9.53 Å². The fourth-order valence-electron chi connectivity index (χ4n) is 3.67. The third-order valence-corrected chi connectivity index (χ3v) is 5.38. The molecule has 3 heterocycles. The number of carbonyl (C=O) groups is 1. The van der Waals surface area contributed by atoms with E-state index in [1.807, 2.05) is 75.1 Å². The quantitative estimate of drug-likeness (QED) is 0.516. The van der Waals surface area contributed by atoms with Crippen molar-refractivity contribution in [2.75, 3.05) is 7.11 Å². The average Bonchev–Trinajstić information content (AvgIpc) is 3.38. The van der Waals surface area contributed by atoms with Gasteiger partial charge in [-0.1, -0.05) is 0 Å². The number of hydrogen-bond donors (Lipinski definition) is 1. The van der Waals surface area contributed by atoms with Crippen LogP contribution in [-0.2, 0) is 13.6 Å². The Balaban J connectivity index is 1.75. The molecule has 0 bridgehead atoms. The Hall–Kier alpha value is -3.68. The highest BCUT2D eigenvalue weighted by Gasteiger charge is 2.21. The van der Waals surface area contributed by atoms with Crippen molar-refractivity contribution in [2.24, 2.45) is 7.05 Å². The van der Waals surface area contributed by atoms with Crippen LogP contribution in [0.2, 0.25) is 0 Å². The number of nitrogens with one attached hydrogen (secondary N) is 1. The molecule has 31 heavy (non-hydrogen) atoms. The Morgan fingerprint density at radius 2 is 1.94 bits per heavy atom. The minimum atomic E-state index is -0.232. The molecule has 160 valence electrons. The molecule has 4 aromatic rings. The van der Waals surface area contributed by atoms with Gasteiger partial charge in [-0.2, -0.15) is 10.2 Å². The van der Waals surface area contributed by atoms with E-state index < -0.39 is 0 Å². The first-order valence-electron chi connectivity index (χ1n) is 10.2. The minimum absolute atomic E-state index is 0.184. The number of ether oxygens (including phenoxy) is 1. The highest BCUT2D eigenvalue weighted by atomic mass is 16.5. The van der Waals surface area contributed by atoms with Crippen molar-refractivity contribution in [3.8, 4) is 17.0 Å². The number of benzene rings is 1. The Labute approximate surface area is 180 Å². The molecule has 0 radical (unpaired) electrons. The van der Waals surface area contributed by atoms with Crippen molar-refractivity contribution in [1.29, 1.82) is 0 Å². The molecule has 0 fully saturated rings. The minimum Gasteiger partial charge on any atom is -0.497 e. The second-order valence-electron chi connectivity index (χ2n) is 7.48. The van der Waals surface area contributed by atoms with Gasteiger partial charge in [0.2, 0.25) is 0 Å². The zero-order valence-electron chi connectivity index (χ0n) is 18.4. The number of amides is 1. The monoisotopic (exact) mass is 418 g/mol. The second kappa shape index (κ2) is 8.22. The van der Waals surface area contributed by atoms with Gasteiger partial charge in [-0.3, -0.25) is 14.2 Å². The Morgan fingerprint density at radius 3 is 2.58 bits per heavy atom. The molecule has 8 nitrogen and oxygen atoms in total. The van der Waals surface area contributed by atoms with E-state index >= 15 is 0 Å². The van der Waals surface area contributed by atoms with Crippen LogP contribution in [0, 0.1) is 6.92 Å². The summed E-state index contributed by atoms with van der Waals surface area (Å²) in [5, 5.41) is 12.8. The first kappa shape index (κ1) is 20.6. The van der Waals surface area contributed by atoms with Gasteiger partial charge >= 0.3 is 0 Å². The van der Waals surface area contributed by atoms with Crippen LogP contribution in [0.4, 0.5) is 0 Å². The number of aromatic nitrogens is 5. The first-order chi connectivity index (χ1) is 14.9. The topological polar surface area (TPSA) is 86.9 Å². The normalized spacial score (nSPS) is 12.2. The summed E-state index contributed by atoms with van der Waals surface area (Å²) in [6.45, 7) is 6.63. The summed E-state index contributed by atoms with van der Waals surface area (Å²) >= 11 is 0. The third-order valence-electron chi connectivity index (χ3n) is 5.38. The molecule has 1 N–H and O–H groups in total. The summed E-state index contributed by atoms with van der Waals surface area (Å²) in [5.41, 5.74) is 4.39. The van der Waals surface area contributed by atoms with Crippen LogP contribution in [0.25, 0.3) is 22.3 Å². The highest BCUT2D eigenvalue weighted by Crippen LogP contribution is 2.28. The number of hydrogen-bond acceptors (Lipinski definition) is 5. The fraction of sp³-hybridized carbons (Fsp3) is 0.304. The summed E-state index contributed by atoms with van der Waals surface area (Å²) in [6, 6.07) is 11.1. The lowest BCUT2D eigenvalue weighted by Gasteiger charge is -2.14. The van der Waals surface area contributed by atoms with Crippen molar-refractivity contribution in [2.45, 2.75) is 33.4 Å². The molecule has 8 heteroatoms. The van der Waals surface area contributed by atoms with Gasteiger partial charge in [0.25, 0.3) is 5.91 Å². The van der Waals surface area contributed by atoms with Crippen LogP contribution in [0.3, 0.4) is 0 Å². The van der Waals surface area contributed by atoms with E-state index in [-0.39, 0.29) is 11.9 Å². The molecule has 0 spiro atoms. The predicted octanol–water partition coefficient (Wildman–Crippen LogP) is 3.66. The van der Waals surface area contributed by atoms with Gasteiger partial charge in [-0.25, -0.2) is 4.98 Å². The molecule has 1 aromatic carbocycles. The second-order valence-corrected chi connectivity index (χ2v) is 7.48. The van der Waals surface area contributed by atoms with Crippen LogP contribution in [0.1, 0.15) is 41.6 Å². The van der Waals surface area contributed by atoms with Crippen LogP contribution >= 0.6 is 0 Å². The number of carbonyl (C=O) groups excluding carboxylic acids is 1. The smallest absolute Gasteiger partial charge is 0.252 e. The van der Waals surface area contributed by atoms with Crippen molar-refractivity contribution in [3.63, 3.8) is 0 Å². The number of nitrogens with zero attached hydrogens (tertiary/aromatic N) is 5. The summed E-state index contributed by atoms with van der Waals surface area (Å²) in [6.07, 6.45) is 1.91. The van der Waals surface area contributed by atoms with E-state index in [1.54, 1.807) is 11.8 Å². The zero-order valence-corrected chi connectivity index (χ0v) is 18.4. The molecule has 0 aliphatic heterocycles. The number of methoxy groups -OCH3 is 1. The molecule has 1 unspecified atom stereocenters. The van der Waals surface area contributed by atoms with Gasteiger partial charge in [-0.15, -0.1) is 0 Å². The number of rotatable bonds is 6. The lowest BCUT2D eigenvalue weighted by molar-refractivity contribution is 0.0940. The molecule has 0 aliphatic carbocycles. The summed E-state index contributed by atoms with van der Waals surface area (Å²) in [5.74, 6) is 0.580. The fourth-order valence-corrected chi connectivity index (χ4v) is 3.67. The molecule has 1 amide bonds. The van der Waals surface area contributed by atoms with Gasteiger partial charge in [0.1, 0.15) is 5.75 Å². The van der Waals surface area contributed by atoms with Crippen LogP contribution in [0.5, 0.6) is 5.75 Å². The summed E-state index contributed by atoms with van der Waals surface area (Å²) in [4.78, 5) is 18.1. The molecule has 1 atom stereocenters. The van der Waals surface area contributed by atoms with Gasteiger partial charge in [0.15, 0.2) is 5.65 Å². The van der Waals surface area contributed by atoms with E-state index in [0.29, 0.717) is 16.9 Å². The first-order valence-corrected chi connectivity index (χ1v) is 10.2.